The second kappa shape index (κ2) is 6.19. The van der Waals surface area contributed by atoms with Crippen molar-refractivity contribution in [2.75, 3.05) is 0 Å². The van der Waals surface area contributed by atoms with E-state index in [1.54, 1.807) is 0 Å². The SMILES string of the molecule is C=CC1=CC/C(=C\CC)C1(c1ccccc1)c1ccccc1. The van der Waals surface area contributed by atoms with Crippen molar-refractivity contribution < 1.29 is 0 Å². The van der Waals surface area contributed by atoms with E-state index < -0.39 is 0 Å². The lowest BCUT2D eigenvalue weighted by Crippen LogP contribution is -2.29. The fourth-order valence-electron chi connectivity index (χ4n) is 3.68. The van der Waals surface area contributed by atoms with Crippen molar-refractivity contribution in [3.63, 3.8) is 0 Å². The summed E-state index contributed by atoms with van der Waals surface area (Å²) in [6.45, 7) is 6.30. The molecule has 0 aliphatic heterocycles. The van der Waals surface area contributed by atoms with Crippen molar-refractivity contribution >= 4 is 0 Å². The van der Waals surface area contributed by atoms with Crippen LogP contribution in [0.25, 0.3) is 0 Å². The summed E-state index contributed by atoms with van der Waals surface area (Å²) in [6.07, 6.45) is 8.78. The number of rotatable bonds is 4. The van der Waals surface area contributed by atoms with E-state index in [1.807, 2.05) is 6.08 Å². The van der Waals surface area contributed by atoms with Gasteiger partial charge in [-0.1, -0.05) is 98.0 Å². The van der Waals surface area contributed by atoms with E-state index >= 15 is 0 Å². The molecule has 0 saturated carbocycles. The van der Waals surface area contributed by atoms with Gasteiger partial charge < -0.3 is 0 Å². The molecule has 0 heterocycles. The van der Waals surface area contributed by atoms with E-state index in [0.29, 0.717) is 0 Å². The highest BCUT2D eigenvalue weighted by Gasteiger charge is 2.42. The molecule has 22 heavy (non-hydrogen) atoms. The lowest BCUT2D eigenvalue weighted by Gasteiger charge is -2.35. The topological polar surface area (TPSA) is 0 Å². The maximum atomic E-state index is 4.09. The fraction of sp³-hybridized carbons (Fsp3) is 0.182. The first kappa shape index (κ1) is 14.6. The molecule has 110 valence electrons. The molecular formula is C22H22. The number of hydrogen-bond acceptors (Lipinski definition) is 0. The van der Waals surface area contributed by atoms with E-state index in [4.69, 9.17) is 0 Å². The van der Waals surface area contributed by atoms with Crippen molar-refractivity contribution in [3.05, 3.63) is 108 Å². The lowest BCUT2D eigenvalue weighted by atomic mass is 9.67. The van der Waals surface area contributed by atoms with Crippen LogP contribution in [0.5, 0.6) is 0 Å². The zero-order chi connectivity index (χ0) is 15.4. The number of allylic oxidation sites excluding steroid dienone is 5. The minimum absolute atomic E-state index is 0.180. The van der Waals surface area contributed by atoms with Crippen LogP contribution in [0.4, 0.5) is 0 Å². The predicted octanol–water partition coefficient (Wildman–Crippen LogP) is 5.83. The Morgan fingerprint density at radius 1 is 0.955 bits per heavy atom. The molecular weight excluding hydrogens is 264 g/mol. The molecule has 2 aromatic carbocycles. The van der Waals surface area contributed by atoms with Crippen LogP contribution in [0.15, 0.2) is 96.6 Å². The molecule has 0 unspecified atom stereocenters. The highest BCUT2D eigenvalue weighted by molar-refractivity contribution is 5.63. The molecule has 0 heteroatoms. The summed E-state index contributed by atoms with van der Waals surface area (Å²) in [5.74, 6) is 0. The van der Waals surface area contributed by atoms with Gasteiger partial charge in [0.2, 0.25) is 0 Å². The van der Waals surface area contributed by atoms with Crippen LogP contribution < -0.4 is 0 Å². The standard InChI is InChI=1S/C22H22/c1-3-11-19-17-16-18(4-2)22(19,20-12-7-5-8-13-20)21-14-9-6-10-15-21/h4-16H,2-3,17H2,1H3/b19-11+. The molecule has 0 spiro atoms. The van der Waals surface area contributed by atoms with Gasteiger partial charge in [-0.05, 0) is 29.5 Å². The Bertz CT molecular complexity index is 663. The first-order valence-corrected chi connectivity index (χ1v) is 7.97. The molecule has 0 atom stereocenters. The molecule has 0 bridgehead atoms. The molecule has 2 aromatic rings. The normalized spacial score (nSPS) is 18.2. The second-order valence-electron chi connectivity index (χ2n) is 5.69. The Balaban J connectivity index is 2.34. The largest absolute Gasteiger partial charge is 0.0987 e. The summed E-state index contributed by atoms with van der Waals surface area (Å²) in [5, 5.41) is 0. The Hall–Kier alpha value is -2.34. The maximum absolute atomic E-state index is 4.09. The van der Waals surface area contributed by atoms with Crippen LogP contribution in [0.3, 0.4) is 0 Å². The third-order valence-corrected chi connectivity index (χ3v) is 4.54. The molecule has 3 rings (SSSR count). The van der Waals surface area contributed by atoms with Crippen LogP contribution >= 0.6 is 0 Å². The van der Waals surface area contributed by atoms with Crippen LogP contribution in [0, 0.1) is 0 Å². The third kappa shape index (κ3) is 2.16. The number of hydrogen-bond donors (Lipinski definition) is 0. The predicted molar refractivity (Wildman–Crippen MR) is 94.9 cm³/mol. The van der Waals surface area contributed by atoms with E-state index in [9.17, 15) is 0 Å². The van der Waals surface area contributed by atoms with Crippen LogP contribution in [-0.2, 0) is 5.41 Å². The average Bonchev–Trinajstić information content (AvgIpc) is 2.96. The summed E-state index contributed by atoms with van der Waals surface area (Å²) >= 11 is 0. The molecule has 0 nitrogen and oxygen atoms in total. The smallest absolute Gasteiger partial charge is 0.0661 e. The quantitative estimate of drug-likeness (QED) is 0.621. The van der Waals surface area contributed by atoms with Gasteiger partial charge in [-0.2, -0.15) is 0 Å². The van der Waals surface area contributed by atoms with E-state index in [-0.39, 0.29) is 5.41 Å². The van der Waals surface area contributed by atoms with Gasteiger partial charge in [-0.15, -0.1) is 0 Å². The molecule has 1 aliphatic carbocycles. The van der Waals surface area contributed by atoms with E-state index in [1.165, 1.54) is 22.3 Å². The van der Waals surface area contributed by atoms with Gasteiger partial charge in [0.05, 0.1) is 5.41 Å². The highest BCUT2D eigenvalue weighted by Crippen LogP contribution is 2.51. The van der Waals surface area contributed by atoms with Crippen LogP contribution in [-0.4, -0.2) is 0 Å². The molecule has 1 aliphatic rings. The molecule has 0 fully saturated rings. The minimum Gasteiger partial charge on any atom is -0.0987 e. The van der Waals surface area contributed by atoms with Gasteiger partial charge in [-0.3, -0.25) is 0 Å². The van der Waals surface area contributed by atoms with Crippen molar-refractivity contribution in [2.45, 2.75) is 25.2 Å². The van der Waals surface area contributed by atoms with Crippen LogP contribution in [0.2, 0.25) is 0 Å². The van der Waals surface area contributed by atoms with Crippen molar-refractivity contribution in [1.29, 1.82) is 0 Å². The monoisotopic (exact) mass is 286 g/mol. The Morgan fingerprint density at radius 3 is 1.95 bits per heavy atom. The molecule has 0 N–H and O–H groups in total. The van der Waals surface area contributed by atoms with Crippen molar-refractivity contribution in [2.24, 2.45) is 0 Å². The van der Waals surface area contributed by atoms with Gasteiger partial charge >= 0.3 is 0 Å². The first-order valence-electron chi connectivity index (χ1n) is 7.97. The average molecular weight is 286 g/mol. The third-order valence-electron chi connectivity index (χ3n) is 4.54. The van der Waals surface area contributed by atoms with Gasteiger partial charge in [0.15, 0.2) is 0 Å². The van der Waals surface area contributed by atoms with Crippen molar-refractivity contribution in [1.82, 2.24) is 0 Å². The molecule has 0 radical (unpaired) electrons. The molecule has 0 amide bonds. The van der Waals surface area contributed by atoms with Gasteiger partial charge in [0.1, 0.15) is 0 Å². The maximum Gasteiger partial charge on any atom is 0.0661 e. The molecule has 0 aromatic heterocycles. The fourth-order valence-corrected chi connectivity index (χ4v) is 3.68. The van der Waals surface area contributed by atoms with Crippen LogP contribution in [0.1, 0.15) is 30.9 Å². The van der Waals surface area contributed by atoms with Crippen molar-refractivity contribution in [3.8, 4) is 0 Å². The summed E-state index contributed by atoms with van der Waals surface area (Å²) in [6, 6.07) is 21.6. The van der Waals surface area contributed by atoms with E-state index in [0.717, 1.165) is 12.8 Å². The van der Waals surface area contributed by atoms with Gasteiger partial charge in [-0.25, -0.2) is 0 Å². The first-order chi connectivity index (χ1) is 10.8. The summed E-state index contributed by atoms with van der Waals surface area (Å²) in [7, 11) is 0. The Morgan fingerprint density at radius 2 is 1.50 bits per heavy atom. The number of benzene rings is 2. The zero-order valence-electron chi connectivity index (χ0n) is 13.1. The highest BCUT2D eigenvalue weighted by atomic mass is 14.4. The summed E-state index contributed by atoms with van der Waals surface area (Å²) < 4.78 is 0. The lowest BCUT2D eigenvalue weighted by molar-refractivity contribution is 0.736. The molecule has 0 saturated heterocycles. The second-order valence-corrected chi connectivity index (χ2v) is 5.69. The zero-order valence-corrected chi connectivity index (χ0v) is 13.1. The Kier molecular flexibility index (Phi) is 4.11. The van der Waals surface area contributed by atoms with Gasteiger partial charge in [0.25, 0.3) is 0 Å². The minimum atomic E-state index is -0.180. The van der Waals surface area contributed by atoms with Gasteiger partial charge in [0, 0.05) is 0 Å². The summed E-state index contributed by atoms with van der Waals surface area (Å²) in [4.78, 5) is 0. The summed E-state index contributed by atoms with van der Waals surface area (Å²) in [5.41, 5.74) is 5.22. The Labute approximate surface area is 133 Å². The van der Waals surface area contributed by atoms with E-state index in [2.05, 4.69) is 86.3 Å².